The van der Waals surface area contributed by atoms with E-state index in [-0.39, 0.29) is 11.1 Å². The monoisotopic (exact) mass is 658 g/mol. The minimum absolute atomic E-state index is 0.337. The largest absolute Gasteiger partial charge is 0.469 e. The first-order chi connectivity index (χ1) is 23.7. The number of benzene rings is 4. The maximum atomic E-state index is 6.31. The Morgan fingerprint density at radius 3 is 1.30 bits per heavy atom. The number of hydrogen-bond donors (Lipinski definition) is 0. The molecule has 4 aromatic carbocycles. The van der Waals surface area contributed by atoms with E-state index in [4.69, 9.17) is 29.4 Å². The number of aliphatic imine (C=N–C) groups is 2. The summed E-state index contributed by atoms with van der Waals surface area (Å²) in [6.45, 7) is 16.7. The van der Waals surface area contributed by atoms with Gasteiger partial charge in [-0.15, -0.1) is 0 Å². The van der Waals surface area contributed by atoms with E-state index in [1.807, 2.05) is 18.5 Å². The number of pyridine rings is 2. The van der Waals surface area contributed by atoms with Gasteiger partial charge in [-0.2, -0.15) is 0 Å². The van der Waals surface area contributed by atoms with E-state index in [0.29, 0.717) is 11.8 Å². The molecule has 0 saturated heterocycles. The molecule has 2 aromatic heterocycles. The lowest BCUT2D eigenvalue weighted by molar-refractivity contribution is 0.0618. The molecule has 0 amide bonds. The third kappa shape index (κ3) is 5.08. The third-order valence-corrected chi connectivity index (χ3v) is 11.1. The molecule has 0 spiro atoms. The van der Waals surface area contributed by atoms with Gasteiger partial charge in [0.2, 0.25) is 11.8 Å². The molecule has 4 heterocycles. The molecule has 250 valence electrons. The lowest BCUT2D eigenvalue weighted by Gasteiger charge is -2.30. The Hall–Kier alpha value is -5.36. The molecule has 2 aliphatic rings. The standard InChI is InChI=1S/C44H42N4O2/c1-41(2)43(5,6)49-39(47-41)29-19-22-35(45-25-29)37-31-16-12-13-17-32(31)38(34-24-28(18-21-33(34)37)27-14-10-9-11-15-27)36-23-20-30(26-46-36)40-48-42(3,4)44(7,8)50-40/h9-26H,1-8H3. The lowest BCUT2D eigenvalue weighted by Crippen LogP contribution is -2.41. The Bertz CT molecular complexity index is 2350. The summed E-state index contributed by atoms with van der Waals surface area (Å²) in [5.41, 5.74) is 6.47. The Morgan fingerprint density at radius 2 is 0.860 bits per heavy atom. The number of aromatic nitrogens is 2. The molecule has 0 aliphatic carbocycles. The summed E-state index contributed by atoms with van der Waals surface area (Å²) in [4.78, 5) is 19.9. The highest BCUT2D eigenvalue weighted by atomic mass is 16.5. The van der Waals surface area contributed by atoms with Crippen molar-refractivity contribution in [2.45, 2.75) is 77.7 Å². The van der Waals surface area contributed by atoms with Crippen molar-refractivity contribution < 1.29 is 9.47 Å². The van der Waals surface area contributed by atoms with E-state index in [1.165, 1.54) is 0 Å². The summed E-state index contributed by atoms with van der Waals surface area (Å²) in [6.07, 6.45) is 3.77. The third-order valence-electron chi connectivity index (χ3n) is 11.1. The molecule has 50 heavy (non-hydrogen) atoms. The van der Waals surface area contributed by atoms with Crippen LogP contribution in [0, 0.1) is 0 Å². The van der Waals surface area contributed by atoms with Gasteiger partial charge in [-0.1, -0.05) is 66.7 Å². The molecule has 6 aromatic rings. The average molecular weight is 659 g/mol. The second kappa shape index (κ2) is 11.1. The van der Waals surface area contributed by atoms with Gasteiger partial charge in [0.25, 0.3) is 0 Å². The zero-order valence-corrected chi connectivity index (χ0v) is 30.0. The fourth-order valence-corrected chi connectivity index (χ4v) is 6.68. The highest BCUT2D eigenvalue weighted by Gasteiger charge is 2.46. The van der Waals surface area contributed by atoms with Crippen molar-refractivity contribution in [3.05, 3.63) is 121 Å². The van der Waals surface area contributed by atoms with Crippen LogP contribution in [0.2, 0.25) is 0 Å². The molecular weight excluding hydrogens is 617 g/mol. The first kappa shape index (κ1) is 31.9. The van der Waals surface area contributed by atoms with Crippen LogP contribution in [0.4, 0.5) is 0 Å². The van der Waals surface area contributed by atoms with Gasteiger partial charge >= 0.3 is 0 Å². The van der Waals surface area contributed by atoms with Gasteiger partial charge < -0.3 is 9.47 Å². The fourth-order valence-electron chi connectivity index (χ4n) is 6.68. The van der Waals surface area contributed by atoms with Crippen molar-refractivity contribution in [2.24, 2.45) is 9.98 Å². The Labute approximate surface area is 294 Å². The Kier molecular flexibility index (Phi) is 7.06. The topological polar surface area (TPSA) is 69.0 Å². The smallest absolute Gasteiger partial charge is 0.218 e. The summed E-state index contributed by atoms with van der Waals surface area (Å²) >= 11 is 0. The van der Waals surface area contributed by atoms with Crippen molar-refractivity contribution in [2.75, 3.05) is 0 Å². The summed E-state index contributed by atoms with van der Waals surface area (Å²) < 4.78 is 12.6. The first-order valence-electron chi connectivity index (χ1n) is 17.3. The molecule has 8 rings (SSSR count). The van der Waals surface area contributed by atoms with E-state index >= 15 is 0 Å². The Morgan fingerprint density at radius 1 is 0.420 bits per heavy atom. The molecule has 2 aliphatic heterocycles. The van der Waals surface area contributed by atoms with Crippen molar-refractivity contribution in [1.29, 1.82) is 0 Å². The van der Waals surface area contributed by atoms with Crippen LogP contribution in [-0.4, -0.2) is 44.0 Å². The number of nitrogens with zero attached hydrogens (tertiary/aromatic N) is 4. The molecule has 0 unspecified atom stereocenters. The van der Waals surface area contributed by atoms with Gasteiger partial charge in [-0.05, 0) is 118 Å². The van der Waals surface area contributed by atoms with Crippen LogP contribution >= 0.6 is 0 Å². The zero-order valence-electron chi connectivity index (χ0n) is 30.0. The van der Waals surface area contributed by atoms with Crippen molar-refractivity contribution in [3.63, 3.8) is 0 Å². The van der Waals surface area contributed by atoms with Gasteiger partial charge in [0.1, 0.15) is 11.2 Å². The zero-order chi connectivity index (χ0) is 35.1. The number of hydrogen-bond acceptors (Lipinski definition) is 6. The maximum Gasteiger partial charge on any atom is 0.218 e. The molecular formula is C44H42N4O2. The predicted molar refractivity (Wildman–Crippen MR) is 205 cm³/mol. The van der Waals surface area contributed by atoms with E-state index in [0.717, 1.165) is 66.3 Å². The second-order valence-electron chi connectivity index (χ2n) is 15.5. The summed E-state index contributed by atoms with van der Waals surface area (Å²) in [7, 11) is 0. The van der Waals surface area contributed by atoms with Crippen LogP contribution in [-0.2, 0) is 9.47 Å². The molecule has 0 saturated carbocycles. The van der Waals surface area contributed by atoms with Crippen molar-refractivity contribution in [3.8, 4) is 33.6 Å². The maximum absolute atomic E-state index is 6.31. The molecule has 0 fully saturated rings. The van der Waals surface area contributed by atoms with E-state index in [9.17, 15) is 0 Å². The quantitative estimate of drug-likeness (QED) is 0.173. The molecule has 6 nitrogen and oxygen atoms in total. The second-order valence-corrected chi connectivity index (χ2v) is 15.5. The van der Waals surface area contributed by atoms with E-state index < -0.39 is 11.2 Å². The van der Waals surface area contributed by atoms with Crippen LogP contribution in [0.1, 0.15) is 66.5 Å². The van der Waals surface area contributed by atoms with Gasteiger partial charge in [-0.25, -0.2) is 9.98 Å². The van der Waals surface area contributed by atoms with E-state index in [2.05, 4.69) is 146 Å². The minimum atomic E-state index is -0.409. The summed E-state index contributed by atoms with van der Waals surface area (Å²) in [5, 5.41) is 4.43. The van der Waals surface area contributed by atoms with Crippen molar-refractivity contribution in [1.82, 2.24) is 9.97 Å². The van der Waals surface area contributed by atoms with Crippen molar-refractivity contribution >= 4 is 33.3 Å². The lowest BCUT2D eigenvalue weighted by atomic mass is 9.87. The highest BCUT2D eigenvalue weighted by molar-refractivity contribution is 6.21. The Balaban J connectivity index is 1.31. The number of fused-ring (bicyclic) bond motifs is 2. The normalized spacial score (nSPS) is 18.4. The summed E-state index contributed by atoms with van der Waals surface area (Å²) in [6, 6.07) is 34.1. The van der Waals surface area contributed by atoms with Gasteiger partial charge in [-0.3, -0.25) is 9.97 Å². The molecule has 0 atom stereocenters. The van der Waals surface area contributed by atoms with Gasteiger partial charge in [0.05, 0.1) is 33.6 Å². The van der Waals surface area contributed by atoms with Crippen LogP contribution < -0.4 is 0 Å². The highest BCUT2D eigenvalue weighted by Crippen LogP contribution is 2.45. The first-order valence-corrected chi connectivity index (χ1v) is 17.3. The summed E-state index contributed by atoms with van der Waals surface area (Å²) in [5.74, 6) is 1.26. The van der Waals surface area contributed by atoms with Crippen LogP contribution in [0.25, 0.3) is 55.2 Å². The van der Waals surface area contributed by atoms with Crippen LogP contribution in [0.3, 0.4) is 0 Å². The molecule has 0 bridgehead atoms. The van der Waals surface area contributed by atoms with E-state index in [1.54, 1.807) is 0 Å². The average Bonchev–Trinajstić information content (AvgIpc) is 3.46. The van der Waals surface area contributed by atoms with Gasteiger partial charge in [0, 0.05) is 23.5 Å². The molecule has 0 radical (unpaired) electrons. The fraction of sp³-hybridized carbons (Fsp3) is 0.273. The number of ether oxygens (including phenoxy) is 2. The van der Waals surface area contributed by atoms with Gasteiger partial charge in [0.15, 0.2) is 0 Å². The number of rotatable bonds is 5. The molecule has 0 N–H and O–H groups in total. The molecule has 6 heteroatoms. The van der Waals surface area contributed by atoms with Crippen LogP contribution in [0.15, 0.2) is 119 Å². The minimum Gasteiger partial charge on any atom is -0.469 e. The van der Waals surface area contributed by atoms with Crippen LogP contribution in [0.5, 0.6) is 0 Å². The SMILES string of the molecule is CC1(C)N=C(c2ccc(-c3c4ccccc4c(-c4ccc(C5=NC(C)(C)C(C)(C)O5)cn4)c4cc(-c5ccccc5)ccc34)nc2)OC1(C)C. The predicted octanol–water partition coefficient (Wildman–Crippen LogP) is 10.5.